The summed E-state index contributed by atoms with van der Waals surface area (Å²) in [6.45, 7) is 2.60. The Balaban J connectivity index is 2.60. The molecule has 0 saturated heterocycles. The smallest absolute Gasteiger partial charge is 0.115 e. The Labute approximate surface area is 90.8 Å². The molecule has 1 aromatic rings. The van der Waals surface area contributed by atoms with Crippen LogP contribution >= 0.6 is 0 Å². The Morgan fingerprint density at radius 3 is 2.73 bits per heavy atom. The molecule has 0 bridgehead atoms. The maximum Gasteiger partial charge on any atom is 0.115 e. The average Bonchev–Trinajstić information content (AvgIpc) is 2.14. The maximum atomic E-state index is 10.1. The van der Waals surface area contributed by atoms with Crippen molar-refractivity contribution in [3.63, 3.8) is 0 Å². The minimum atomic E-state index is -0.725. The molecule has 3 nitrogen and oxygen atoms in total. The second-order valence-corrected chi connectivity index (χ2v) is 4.20. The molecular weight excluding hydrogens is 190 g/mol. The molecule has 0 amide bonds. The molecule has 0 aliphatic carbocycles. The number of benzene rings is 1. The highest BCUT2D eigenvalue weighted by Gasteiger charge is 2.20. The molecule has 0 spiro atoms. The van der Waals surface area contributed by atoms with E-state index in [0.717, 1.165) is 12.1 Å². The number of aromatic hydroxyl groups is 1. The van der Waals surface area contributed by atoms with E-state index in [0.29, 0.717) is 12.8 Å². The monoisotopic (exact) mass is 209 g/mol. The molecule has 0 aliphatic rings. The van der Waals surface area contributed by atoms with Gasteiger partial charge in [-0.05, 0) is 44.6 Å². The SMILES string of the molecule is CNCCC(C)(O)Cc1cccc(O)c1. The van der Waals surface area contributed by atoms with Gasteiger partial charge in [-0.1, -0.05) is 12.1 Å². The van der Waals surface area contributed by atoms with Gasteiger partial charge in [-0.25, -0.2) is 0 Å². The maximum absolute atomic E-state index is 10.1. The van der Waals surface area contributed by atoms with Gasteiger partial charge in [0.2, 0.25) is 0 Å². The fourth-order valence-electron chi connectivity index (χ4n) is 1.59. The van der Waals surface area contributed by atoms with Crippen LogP contribution in [0.4, 0.5) is 0 Å². The van der Waals surface area contributed by atoms with Gasteiger partial charge in [0.05, 0.1) is 5.60 Å². The van der Waals surface area contributed by atoms with E-state index < -0.39 is 5.60 Å². The van der Waals surface area contributed by atoms with E-state index in [-0.39, 0.29) is 5.75 Å². The molecule has 0 heterocycles. The molecular formula is C12H19NO2. The molecule has 0 saturated carbocycles. The quantitative estimate of drug-likeness (QED) is 0.685. The summed E-state index contributed by atoms with van der Waals surface area (Å²) in [7, 11) is 1.87. The summed E-state index contributed by atoms with van der Waals surface area (Å²) in [4.78, 5) is 0. The normalized spacial score (nSPS) is 14.9. The average molecular weight is 209 g/mol. The number of phenols is 1. The number of aliphatic hydroxyl groups is 1. The van der Waals surface area contributed by atoms with Crippen LogP contribution in [-0.4, -0.2) is 29.4 Å². The van der Waals surface area contributed by atoms with Crippen molar-refractivity contribution in [2.24, 2.45) is 0 Å². The first-order valence-corrected chi connectivity index (χ1v) is 5.18. The van der Waals surface area contributed by atoms with Crippen LogP contribution in [-0.2, 0) is 6.42 Å². The first-order chi connectivity index (χ1) is 7.03. The van der Waals surface area contributed by atoms with Crippen LogP contribution in [0.25, 0.3) is 0 Å². The van der Waals surface area contributed by atoms with Crippen LogP contribution in [0.3, 0.4) is 0 Å². The van der Waals surface area contributed by atoms with Gasteiger partial charge in [-0.2, -0.15) is 0 Å². The second kappa shape index (κ2) is 5.14. The van der Waals surface area contributed by atoms with Crippen molar-refractivity contribution in [1.82, 2.24) is 5.32 Å². The molecule has 15 heavy (non-hydrogen) atoms. The summed E-state index contributed by atoms with van der Waals surface area (Å²) in [5.74, 6) is 0.247. The lowest BCUT2D eigenvalue weighted by Gasteiger charge is -2.23. The van der Waals surface area contributed by atoms with Crippen molar-refractivity contribution in [3.05, 3.63) is 29.8 Å². The summed E-state index contributed by atoms with van der Waals surface area (Å²) in [5.41, 5.74) is 0.229. The molecule has 1 rings (SSSR count). The largest absolute Gasteiger partial charge is 0.508 e. The lowest BCUT2D eigenvalue weighted by molar-refractivity contribution is 0.0520. The Morgan fingerprint density at radius 1 is 1.40 bits per heavy atom. The molecule has 3 heteroatoms. The van der Waals surface area contributed by atoms with E-state index in [1.165, 1.54) is 0 Å². The Morgan fingerprint density at radius 2 is 2.13 bits per heavy atom. The van der Waals surface area contributed by atoms with Gasteiger partial charge in [0.15, 0.2) is 0 Å². The van der Waals surface area contributed by atoms with Crippen molar-refractivity contribution in [3.8, 4) is 5.75 Å². The molecule has 1 atom stereocenters. The van der Waals surface area contributed by atoms with Gasteiger partial charge in [0.1, 0.15) is 5.75 Å². The summed E-state index contributed by atoms with van der Waals surface area (Å²) in [5, 5.41) is 22.4. The molecule has 0 aliphatic heterocycles. The molecule has 1 unspecified atom stereocenters. The molecule has 0 fully saturated rings. The van der Waals surface area contributed by atoms with E-state index in [9.17, 15) is 10.2 Å². The van der Waals surface area contributed by atoms with Crippen LogP contribution in [0.1, 0.15) is 18.9 Å². The summed E-state index contributed by atoms with van der Waals surface area (Å²) in [6, 6.07) is 7.02. The highest BCUT2D eigenvalue weighted by Crippen LogP contribution is 2.19. The predicted octanol–water partition coefficient (Wildman–Crippen LogP) is 1.30. The summed E-state index contributed by atoms with van der Waals surface area (Å²) < 4.78 is 0. The summed E-state index contributed by atoms with van der Waals surface area (Å²) >= 11 is 0. The number of hydrogen-bond acceptors (Lipinski definition) is 3. The van der Waals surface area contributed by atoms with Crippen molar-refractivity contribution in [2.45, 2.75) is 25.4 Å². The van der Waals surface area contributed by atoms with E-state index >= 15 is 0 Å². The minimum Gasteiger partial charge on any atom is -0.508 e. The fraction of sp³-hybridized carbons (Fsp3) is 0.500. The number of hydrogen-bond donors (Lipinski definition) is 3. The predicted molar refractivity (Wildman–Crippen MR) is 61.0 cm³/mol. The molecule has 0 aromatic heterocycles. The summed E-state index contributed by atoms with van der Waals surface area (Å²) in [6.07, 6.45) is 1.25. The van der Waals surface area contributed by atoms with Crippen molar-refractivity contribution < 1.29 is 10.2 Å². The van der Waals surface area contributed by atoms with Crippen LogP contribution in [0.2, 0.25) is 0 Å². The molecule has 0 radical (unpaired) electrons. The Hall–Kier alpha value is -1.06. The minimum absolute atomic E-state index is 0.247. The molecule has 84 valence electrons. The van der Waals surface area contributed by atoms with Crippen molar-refractivity contribution in [2.75, 3.05) is 13.6 Å². The lowest BCUT2D eigenvalue weighted by atomic mass is 9.93. The van der Waals surface area contributed by atoms with Crippen LogP contribution in [0.15, 0.2) is 24.3 Å². The van der Waals surface area contributed by atoms with Crippen LogP contribution < -0.4 is 5.32 Å². The first kappa shape index (κ1) is 12.0. The van der Waals surface area contributed by atoms with Gasteiger partial charge in [-0.3, -0.25) is 0 Å². The van der Waals surface area contributed by atoms with Crippen molar-refractivity contribution >= 4 is 0 Å². The molecule has 1 aromatic carbocycles. The fourth-order valence-corrected chi connectivity index (χ4v) is 1.59. The third-order valence-corrected chi connectivity index (χ3v) is 2.41. The van der Waals surface area contributed by atoms with Crippen LogP contribution in [0, 0.1) is 0 Å². The zero-order chi connectivity index (χ0) is 11.3. The van der Waals surface area contributed by atoms with Gasteiger partial charge < -0.3 is 15.5 Å². The number of nitrogens with one attached hydrogen (secondary N) is 1. The number of phenolic OH excluding ortho intramolecular Hbond substituents is 1. The first-order valence-electron chi connectivity index (χ1n) is 5.18. The Bertz CT molecular complexity index is 310. The highest BCUT2D eigenvalue weighted by atomic mass is 16.3. The standard InChI is InChI=1S/C12H19NO2/c1-12(15,6-7-13-2)9-10-4-3-5-11(14)8-10/h3-5,8,13-15H,6-7,9H2,1-2H3. The second-order valence-electron chi connectivity index (χ2n) is 4.20. The topological polar surface area (TPSA) is 52.5 Å². The third kappa shape index (κ3) is 4.32. The zero-order valence-electron chi connectivity index (χ0n) is 9.33. The third-order valence-electron chi connectivity index (χ3n) is 2.41. The van der Waals surface area contributed by atoms with Crippen LogP contribution in [0.5, 0.6) is 5.75 Å². The zero-order valence-corrected chi connectivity index (χ0v) is 9.33. The van der Waals surface area contributed by atoms with E-state index in [2.05, 4.69) is 5.32 Å². The van der Waals surface area contributed by atoms with Gasteiger partial charge >= 0.3 is 0 Å². The Kier molecular flexibility index (Phi) is 4.12. The lowest BCUT2D eigenvalue weighted by Crippen LogP contribution is -2.31. The number of rotatable bonds is 5. The van der Waals surface area contributed by atoms with Gasteiger partial charge in [-0.15, -0.1) is 0 Å². The van der Waals surface area contributed by atoms with E-state index in [1.807, 2.05) is 20.0 Å². The molecule has 3 N–H and O–H groups in total. The van der Waals surface area contributed by atoms with Crippen molar-refractivity contribution in [1.29, 1.82) is 0 Å². The van der Waals surface area contributed by atoms with Gasteiger partial charge in [0, 0.05) is 6.42 Å². The van der Waals surface area contributed by atoms with E-state index in [4.69, 9.17) is 0 Å². The van der Waals surface area contributed by atoms with Gasteiger partial charge in [0.25, 0.3) is 0 Å². The highest BCUT2D eigenvalue weighted by molar-refractivity contribution is 5.28. The van der Waals surface area contributed by atoms with E-state index in [1.54, 1.807) is 18.2 Å².